The third-order valence-corrected chi connectivity index (χ3v) is 6.45. The van der Waals surface area contributed by atoms with E-state index >= 15 is 0 Å². The van der Waals surface area contributed by atoms with Gasteiger partial charge in [0, 0.05) is 10.9 Å². The number of amides is 1. The Morgan fingerprint density at radius 1 is 1.00 bits per heavy atom. The minimum Gasteiger partial charge on any atom is -0.494 e. The van der Waals surface area contributed by atoms with Gasteiger partial charge >= 0.3 is 0 Å². The van der Waals surface area contributed by atoms with Crippen LogP contribution in [0, 0.1) is 0 Å². The van der Waals surface area contributed by atoms with Gasteiger partial charge in [-0.05, 0) is 55.5 Å². The Hall–Kier alpha value is -4.17. The summed E-state index contributed by atoms with van der Waals surface area (Å²) in [5.74, 6) is 1.90. The maximum atomic E-state index is 13.4. The van der Waals surface area contributed by atoms with Gasteiger partial charge in [-0.3, -0.25) is 10.1 Å². The monoisotopic (exact) mass is 469 g/mol. The number of hydrogen-bond donors (Lipinski definition) is 1. The van der Waals surface area contributed by atoms with Crippen LogP contribution >= 0.6 is 11.3 Å². The number of pyridine rings is 1. The van der Waals surface area contributed by atoms with Crippen molar-refractivity contribution in [1.82, 2.24) is 9.97 Å². The van der Waals surface area contributed by atoms with Crippen molar-refractivity contribution in [3.8, 4) is 28.5 Å². The van der Waals surface area contributed by atoms with Crippen molar-refractivity contribution in [1.29, 1.82) is 0 Å². The number of thiazole rings is 1. The first-order valence-corrected chi connectivity index (χ1v) is 11.6. The number of aromatic nitrogens is 2. The molecular formula is C26H19N3O4S. The first-order valence-electron chi connectivity index (χ1n) is 10.8. The molecule has 1 N–H and O–H groups in total. The zero-order chi connectivity index (χ0) is 23.1. The molecule has 8 heteroatoms. The number of fused-ring (bicyclic) bond motifs is 3. The molecule has 0 unspecified atom stereocenters. The maximum absolute atomic E-state index is 13.4. The lowest BCUT2D eigenvalue weighted by Crippen LogP contribution is -2.13. The molecule has 5 aromatic rings. The van der Waals surface area contributed by atoms with Crippen LogP contribution in [0.5, 0.6) is 17.2 Å². The van der Waals surface area contributed by atoms with Crippen LogP contribution in [0.4, 0.5) is 5.13 Å². The second kappa shape index (κ2) is 8.31. The van der Waals surface area contributed by atoms with E-state index < -0.39 is 0 Å². The number of nitrogens with one attached hydrogen (secondary N) is 1. The van der Waals surface area contributed by atoms with Crippen LogP contribution in [0.3, 0.4) is 0 Å². The van der Waals surface area contributed by atoms with Crippen LogP contribution in [-0.2, 0) is 0 Å². The second-order valence-corrected chi connectivity index (χ2v) is 8.71. The summed E-state index contributed by atoms with van der Waals surface area (Å²) in [6, 6.07) is 20.8. The zero-order valence-electron chi connectivity index (χ0n) is 18.2. The largest absolute Gasteiger partial charge is 0.494 e. The van der Waals surface area contributed by atoms with E-state index in [0.29, 0.717) is 34.5 Å². The van der Waals surface area contributed by atoms with Gasteiger partial charge in [0.15, 0.2) is 16.6 Å². The van der Waals surface area contributed by atoms with Gasteiger partial charge in [-0.25, -0.2) is 9.97 Å². The first kappa shape index (κ1) is 20.4. The van der Waals surface area contributed by atoms with Gasteiger partial charge in [-0.2, -0.15) is 0 Å². The number of nitrogens with zero attached hydrogens (tertiary/aromatic N) is 2. The van der Waals surface area contributed by atoms with Crippen LogP contribution in [0.2, 0.25) is 0 Å². The van der Waals surface area contributed by atoms with E-state index in [1.54, 1.807) is 6.07 Å². The molecule has 0 fully saturated rings. The van der Waals surface area contributed by atoms with Crippen molar-refractivity contribution in [2.45, 2.75) is 6.92 Å². The highest BCUT2D eigenvalue weighted by atomic mass is 32.1. The Labute approximate surface area is 198 Å². The minimum atomic E-state index is -0.246. The second-order valence-electron chi connectivity index (χ2n) is 7.68. The first-order chi connectivity index (χ1) is 16.7. The van der Waals surface area contributed by atoms with E-state index in [1.807, 2.05) is 67.6 Å². The summed E-state index contributed by atoms with van der Waals surface area (Å²) < 4.78 is 17.4. The van der Waals surface area contributed by atoms with E-state index in [0.717, 1.165) is 32.4 Å². The fourth-order valence-electron chi connectivity index (χ4n) is 3.95. The molecule has 3 aromatic carbocycles. The minimum absolute atomic E-state index is 0.200. The highest BCUT2D eigenvalue weighted by molar-refractivity contribution is 7.22. The quantitative estimate of drug-likeness (QED) is 0.346. The summed E-state index contributed by atoms with van der Waals surface area (Å²) in [5, 5.41) is 4.26. The average Bonchev–Trinajstić information content (AvgIpc) is 3.49. The van der Waals surface area contributed by atoms with Crippen molar-refractivity contribution in [3.05, 3.63) is 72.3 Å². The van der Waals surface area contributed by atoms with Gasteiger partial charge in [0.1, 0.15) is 5.75 Å². The summed E-state index contributed by atoms with van der Waals surface area (Å²) in [7, 11) is 0. The summed E-state index contributed by atoms with van der Waals surface area (Å²) in [5.41, 5.74) is 3.57. The molecule has 0 bridgehead atoms. The lowest BCUT2D eigenvalue weighted by Gasteiger charge is -2.10. The molecule has 0 radical (unpaired) electrons. The number of ether oxygens (including phenoxy) is 3. The van der Waals surface area contributed by atoms with E-state index in [-0.39, 0.29) is 12.7 Å². The molecule has 7 nitrogen and oxygen atoms in total. The summed E-state index contributed by atoms with van der Waals surface area (Å²) in [4.78, 5) is 22.7. The van der Waals surface area contributed by atoms with Gasteiger partial charge in [-0.15, -0.1) is 0 Å². The molecule has 0 saturated heterocycles. The number of anilines is 1. The number of benzene rings is 3. The Kier molecular flexibility index (Phi) is 5.00. The van der Waals surface area contributed by atoms with Crippen LogP contribution in [-0.4, -0.2) is 29.3 Å². The zero-order valence-corrected chi connectivity index (χ0v) is 19.0. The Morgan fingerprint density at radius 2 is 1.88 bits per heavy atom. The number of para-hydroxylation sites is 1. The van der Waals surface area contributed by atoms with Gasteiger partial charge in [0.2, 0.25) is 6.79 Å². The van der Waals surface area contributed by atoms with E-state index in [9.17, 15) is 4.79 Å². The molecule has 6 rings (SSSR count). The molecular weight excluding hydrogens is 450 g/mol. The Bertz CT molecular complexity index is 1560. The molecule has 168 valence electrons. The summed E-state index contributed by atoms with van der Waals surface area (Å²) in [6.07, 6.45) is 0. The standard InChI is InChI=1S/C26H19N3O4S/c1-2-31-16-8-9-20-24(12-16)34-26(28-20)29-25(30)18-13-21(27-19-6-4-3-5-17(18)19)15-7-10-22-23(11-15)33-14-32-22/h3-13H,2,14H2,1H3,(H,28,29,30). The lowest BCUT2D eigenvalue weighted by atomic mass is 10.0. The summed E-state index contributed by atoms with van der Waals surface area (Å²) in [6.45, 7) is 2.74. The van der Waals surface area contributed by atoms with Crippen molar-refractivity contribution in [2.24, 2.45) is 0 Å². The maximum Gasteiger partial charge on any atom is 0.258 e. The van der Waals surface area contributed by atoms with Crippen LogP contribution in [0.1, 0.15) is 17.3 Å². The number of carbonyl (C=O) groups is 1. The van der Waals surface area contributed by atoms with Gasteiger partial charge < -0.3 is 14.2 Å². The van der Waals surface area contributed by atoms with E-state index in [2.05, 4.69) is 10.3 Å². The van der Waals surface area contributed by atoms with Gasteiger partial charge in [0.05, 0.1) is 33.6 Å². The Morgan fingerprint density at radius 3 is 2.79 bits per heavy atom. The molecule has 2 aromatic heterocycles. The molecule has 0 aliphatic carbocycles. The third kappa shape index (κ3) is 3.68. The van der Waals surface area contributed by atoms with Gasteiger partial charge in [0.25, 0.3) is 5.91 Å². The molecule has 3 heterocycles. The van der Waals surface area contributed by atoms with Crippen LogP contribution in [0.15, 0.2) is 66.7 Å². The predicted molar refractivity (Wildman–Crippen MR) is 132 cm³/mol. The normalized spacial score (nSPS) is 12.3. The van der Waals surface area contributed by atoms with Crippen LogP contribution < -0.4 is 19.5 Å². The molecule has 0 saturated carbocycles. The molecule has 1 aliphatic heterocycles. The highest BCUT2D eigenvalue weighted by Crippen LogP contribution is 2.36. The fraction of sp³-hybridized carbons (Fsp3) is 0.115. The van der Waals surface area contributed by atoms with Crippen molar-refractivity contribution < 1.29 is 19.0 Å². The topological polar surface area (TPSA) is 82.6 Å². The van der Waals surface area contributed by atoms with Gasteiger partial charge in [-0.1, -0.05) is 29.5 Å². The Balaban J connectivity index is 1.38. The molecule has 1 aliphatic rings. The summed E-state index contributed by atoms with van der Waals surface area (Å²) >= 11 is 1.41. The highest BCUT2D eigenvalue weighted by Gasteiger charge is 2.18. The van der Waals surface area contributed by atoms with Crippen molar-refractivity contribution in [2.75, 3.05) is 18.7 Å². The van der Waals surface area contributed by atoms with Crippen LogP contribution in [0.25, 0.3) is 32.4 Å². The average molecular weight is 470 g/mol. The van der Waals surface area contributed by atoms with Crippen molar-refractivity contribution >= 4 is 43.5 Å². The van der Waals surface area contributed by atoms with E-state index in [4.69, 9.17) is 19.2 Å². The lowest BCUT2D eigenvalue weighted by molar-refractivity contribution is 0.102. The number of rotatable bonds is 5. The van der Waals surface area contributed by atoms with E-state index in [1.165, 1.54) is 11.3 Å². The molecule has 0 atom stereocenters. The number of hydrogen-bond acceptors (Lipinski definition) is 7. The molecule has 1 amide bonds. The third-order valence-electron chi connectivity index (χ3n) is 5.52. The molecule has 34 heavy (non-hydrogen) atoms. The number of carbonyl (C=O) groups excluding carboxylic acids is 1. The predicted octanol–water partition coefficient (Wildman–Crippen LogP) is 5.89. The van der Waals surface area contributed by atoms with Crippen molar-refractivity contribution in [3.63, 3.8) is 0 Å². The SMILES string of the molecule is CCOc1ccc2nc(NC(=O)c3cc(-c4ccc5c(c4)OCO5)nc4ccccc34)sc2c1. The smallest absolute Gasteiger partial charge is 0.258 e. The fourth-order valence-corrected chi connectivity index (χ4v) is 4.84. The molecule has 0 spiro atoms.